The SMILES string of the molecule is Cc1ccc(C(=O)N2CC3(C2)C(CN2CCCCC2)CCS3(=O)=O)cn1. The summed E-state index contributed by atoms with van der Waals surface area (Å²) in [5.74, 6) is 0.298. The van der Waals surface area contributed by atoms with Crippen LogP contribution in [0.15, 0.2) is 18.3 Å². The molecule has 4 rings (SSSR count). The molecule has 1 amide bonds. The Morgan fingerprint density at radius 2 is 1.96 bits per heavy atom. The van der Waals surface area contributed by atoms with E-state index in [-0.39, 0.29) is 17.6 Å². The Bertz CT molecular complexity index is 779. The second kappa shape index (κ2) is 6.60. The van der Waals surface area contributed by atoms with Gasteiger partial charge in [0.2, 0.25) is 0 Å². The fraction of sp³-hybridized carbons (Fsp3) is 0.684. The van der Waals surface area contributed by atoms with Crippen LogP contribution in [0, 0.1) is 12.8 Å². The normalized spacial score (nSPS) is 27.4. The Kier molecular flexibility index (Phi) is 4.55. The Hall–Kier alpha value is -1.47. The number of piperidine rings is 1. The average Bonchev–Trinajstić information content (AvgIpc) is 2.85. The maximum absolute atomic E-state index is 12.8. The topological polar surface area (TPSA) is 70.6 Å². The van der Waals surface area contributed by atoms with Crippen LogP contribution in [0.4, 0.5) is 0 Å². The zero-order valence-corrected chi connectivity index (χ0v) is 16.2. The summed E-state index contributed by atoms with van der Waals surface area (Å²) in [5, 5.41) is 0. The molecule has 0 radical (unpaired) electrons. The van der Waals surface area contributed by atoms with E-state index in [0.29, 0.717) is 18.7 Å². The molecule has 3 aliphatic rings. The van der Waals surface area contributed by atoms with E-state index in [1.807, 2.05) is 13.0 Å². The van der Waals surface area contributed by atoms with Gasteiger partial charge in [-0.1, -0.05) is 6.42 Å². The molecule has 0 aromatic carbocycles. The molecule has 26 heavy (non-hydrogen) atoms. The summed E-state index contributed by atoms with van der Waals surface area (Å²) >= 11 is 0. The van der Waals surface area contributed by atoms with Crippen molar-refractivity contribution < 1.29 is 13.2 Å². The monoisotopic (exact) mass is 377 g/mol. The van der Waals surface area contributed by atoms with Crippen LogP contribution in [-0.2, 0) is 9.84 Å². The van der Waals surface area contributed by atoms with E-state index in [1.165, 1.54) is 19.3 Å². The minimum Gasteiger partial charge on any atom is -0.335 e. The van der Waals surface area contributed by atoms with Crippen molar-refractivity contribution in [2.24, 2.45) is 5.92 Å². The van der Waals surface area contributed by atoms with Gasteiger partial charge in [0.15, 0.2) is 9.84 Å². The van der Waals surface area contributed by atoms with Crippen molar-refractivity contribution >= 4 is 15.7 Å². The van der Waals surface area contributed by atoms with Crippen molar-refractivity contribution in [1.82, 2.24) is 14.8 Å². The maximum Gasteiger partial charge on any atom is 0.255 e. The Labute approximate surface area is 155 Å². The molecule has 4 heterocycles. The largest absolute Gasteiger partial charge is 0.335 e. The van der Waals surface area contributed by atoms with E-state index in [1.54, 1.807) is 17.2 Å². The van der Waals surface area contributed by atoms with Gasteiger partial charge in [0.05, 0.1) is 11.3 Å². The second-order valence-corrected chi connectivity index (χ2v) is 10.5. The smallest absolute Gasteiger partial charge is 0.255 e. The molecule has 7 heteroatoms. The molecule has 0 N–H and O–H groups in total. The highest BCUT2D eigenvalue weighted by molar-refractivity contribution is 7.93. The predicted octanol–water partition coefficient (Wildman–Crippen LogP) is 1.51. The van der Waals surface area contributed by atoms with Crippen LogP contribution in [0.25, 0.3) is 0 Å². The third-order valence-electron chi connectivity index (χ3n) is 6.39. The quantitative estimate of drug-likeness (QED) is 0.798. The van der Waals surface area contributed by atoms with Gasteiger partial charge in [0.25, 0.3) is 5.91 Å². The highest BCUT2D eigenvalue weighted by Gasteiger charge is 2.62. The van der Waals surface area contributed by atoms with Crippen molar-refractivity contribution in [1.29, 1.82) is 0 Å². The number of likely N-dealkylation sites (tertiary alicyclic amines) is 2. The van der Waals surface area contributed by atoms with Crippen LogP contribution >= 0.6 is 0 Å². The lowest BCUT2D eigenvalue weighted by Crippen LogP contribution is -2.69. The number of pyridine rings is 1. The molecular weight excluding hydrogens is 350 g/mol. The van der Waals surface area contributed by atoms with Crippen LogP contribution < -0.4 is 0 Å². The van der Waals surface area contributed by atoms with Gasteiger partial charge in [-0.25, -0.2) is 8.42 Å². The zero-order valence-electron chi connectivity index (χ0n) is 15.4. The lowest BCUT2D eigenvalue weighted by Gasteiger charge is -2.50. The molecular formula is C19H27N3O3S. The molecule has 0 aliphatic carbocycles. The first-order valence-corrected chi connectivity index (χ1v) is 11.2. The summed E-state index contributed by atoms with van der Waals surface area (Å²) in [4.78, 5) is 20.9. The van der Waals surface area contributed by atoms with Gasteiger partial charge in [-0.15, -0.1) is 0 Å². The van der Waals surface area contributed by atoms with Gasteiger partial charge in [-0.05, 0) is 57.3 Å². The standard InChI is InChI=1S/C19H27N3O3S/c1-15-5-6-16(11-20-15)18(23)22-13-19(14-22)17(7-10-26(19,24)25)12-21-8-3-2-4-9-21/h5-6,11,17H,2-4,7-10,12-14H2,1H3. The van der Waals surface area contributed by atoms with E-state index < -0.39 is 14.6 Å². The number of sulfone groups is 1. The fourth-order valence-corrected chi connectivity index (χ4v) is 7.11. The van der Waals surface area contributed by atoms with Gasteiger partial charge in [-0.3, -0.25) is 9.78 Å². The Balaban J connectivity index is 1.47. The van der Waals surface area contributed by atoms with Crippen molar-refractivity contribution in [3.8, 4) is 0 Å². The van der Waals surface area contributed by atoms with E-state index in [2.05, 4.69) is 9.88 Å². The number of carbonyl (C=O) groups is 1. The molecule has 1 spiro atoms. The molecule has 142 valence electrons. The van der Waals surface area contributed by atoms with Crippen LogP contribution in [0.1, 0.15) is 41.7 Å². The first-order valence-electron chi connectivity index (χ1n) is 9.58. The molecule has 1 aromatic rings. The summed E-state index contributed by atoms with van der Waals surface area (Å²) in [6, 6.07) is 3.58. The first-order chi connectivity index (χ1) is 12.4. The first kappa shape index (κ1) is 17.9. The molecule has 1 aromatic heterocycles. The minimum absolute atomic E-state index is 0.109. The van der Waals surface area contributed by atoms with Crippen LogP contribution in [0.5, 0.6) is 0 Å². The molecule has 0 bridgehead atoms. The summed E-state index contributed by atoms with van der Waals surface area (Å²) in [7, 11) is -3.14. The van der Waals surface area contributed by atoms with Crippen molar-refractivity contribution in [2.75, 3.05) is 38.5 Å². The van der Waals surface area contributed by atoms with Crippen LogP contribution in [0.3, 0.4) is 0 Å². The van der Waals surface area contributed by atoms with Crippen molar-refractivity contribution in [3.63, 3.8) is 0 Å². The number of amides is 1. The molecule has 1 unspecified atom stereocenters. The van der Waals surface area contributed by atoms with Crippen LogP contribution in [0.2, 0.25) is 0 Å². The third-order valence-corrected chi connectivity index (χ3v) is 8.99. The number of aromatic nitrogens is 1. The van der Waals surface area contributed by atoms with Crippen LogP contribution in [-0.4, -0.2) is 72.3 Å². The Morgan fingerprint density at radius 1 is 1.23 bits per heavy atom. The van der Waals surface area contributed by atoms with Gasteiger partial charge in [0, 0.05) is 31.5 Å². The van der Waals surface area contributed by atoms with Gasteiger partial charge < -0.3 is 9.80 Å². The number of rotatable bonds is 3. The molecule has 1 atom stereocenters. The maximum atomic E-state index is 12.8. The van der Waals surface area contributed by atoms with Gasteiger partial charge >= 0.3 is 0 Å². The van der Waals surface area contributed by atoms with E-state index in [4.69, 9.17) is 0 Å². The molecule has 3 aliphatic heterocycles. The van der Waals surface area contributed by atoms with Crippen molar-refractivity contribution in [2.45, 2.75) is 37.4 Å². The highest BCUT2D eigenvalue weighted by atomic mass is 32.2. The number of hydrogen-bond acceptors (Lipinski definition) is 5. The third kappa shape index (κ3) is 2.95. The number of nitrogens with zero attached hydrogens (tertiary/aromatic N) is 3. The minimum atomic E-state index is -3.14. The van der Waals surface area contributed by atoms with E-state index in [0.717, 1.165) is 31.7 Å². The zero-order chi connectivity index (χ0) is 18.4. The molecule has 3 saturated heterocycles. The molecule has 6 nitrogen and oxygen atoms in total. The fourth-order valence-electron chi connectivity index (χ4n) is 4.70. The summed E-state index contributed by atoms with van der Waals surface area (Å²) in [6.07, 6.45) is 6.00. The summed E-state index contributed by atoms with van der Waals surface area (Å²) < 4.78 is 24.9. The predicted molar refractivity (Wildman–Crippen MR) is 99.8 cm³/mol. The van der Waals surface area contributed by atoms with Crippen molar-refractivity contribution in [3.05, 3.63) is 29.6 Å². The van der Waals surface area contributed by atoms with Gasteiger partial charge in [-0.2, -0.15) is 0 Å². The second-order valence-electron chi connectivity index (χ2n) is 8.08. The number of aryl methyl sites for hydroxylation is 1. The molecule has 0 saturated carbocycles. The summed E-state index contributed by atoms with van der Waals surface area (Å²) in [6.45, 7) is 5.55. The van der Waals surface area contributed by atoms with E-state index >= 15 is 0 Å². The average molecular weight is 378 g/mol. The highest BCUT2D eigenvalue weighted by Crippen LogP contribution is 2.45. The number of hydrogen-bond donors (Lipinski definition) is 0. The van der Waals surface area contributed by atoms with E-state index in [9.17, 15) is 13.2 Å². The number of carbonyl (C=O) groups excluding carboxylic acids is 1. The summed E-state index contributed by atoms with van der Waals surface area (Å²) in [5.41, 5.74) is 1.40. The van der Waals surface area contributed by atoms with Gasteiger partial charge in [0.1, 0.15) is 4.75 Å². The lowest BCUT2D eigenvalue weighted by molar-refractivity contribution is 0.0411. The molecule has 3 fully saturated rings. The Morgan fingerprint density at radius 3 is 2.62 bits per heavy atom. The lowest BCUT2D eigenvalue weighted by atomic mass is 9.82.